The van der Waals surface area contributed by atoms with Crippen molar-refractivity contribution in [1.82, 2.24) is 9.97 Å². The highest BCUT2D eigenvalue weighted by Crippen LogP contribution is 2.35. The van der Waals surface area contributed by atoms with Crippen LogP contribution in [-0.4, -0.2) is 34.8 Å². The standard InChI is InChI=1S/C15H24N4O/c1-12(2)4-7-15(11-20)6-3-9-19(10-15)14-17-8-5-13(16)18-14/h4-5,8,20H,3,6-7,9-11H2,1-2H3,(H2,16,17,18)/t15-/m1/s1. The van der Waals surface area contributed by atoms with Gasteiger partial charge in [0.2, 0.25) is 5.95 Å². The Hall–Kier alpha value is -1.62. The molecule has 1 aliphatic heterocycles. The predicted octanol–water partition coefficient (Wildman–Crippen LogP) is 1.99. The van der Waals surface area contributed by atoms with Gasteiger partial charge < -0.3 is 15.7 Å². The smallest absolute Gasteiger partial charge is 0.227 e. The highest BCUT2D eigenvalue weighted by Gasteiger charge is 2.35. The minimum atomic E-state index is -0.0938. The van der Waals surface area contributed by atoms with Crippen LogP contribution in [0, 0.1) is 5.41 Å². The first kappa shape index (κ1) is 14.8. The molecule has 1 aromatic heterocycles. The summed E-state index contributed by atoms with van der Waals surface area (Å²) in [6, 6.07) is 1.69. The van der Waals surface area contributed by atoms with Gasteiger partial charge in [0, 0.05) is 24.7 Å². The molecule has 0 amide bonds. The number of nitrogens with two attached hydrogens (primary N) is 1. The van der Waals surface area contributed by atoms with Gasteiger partial charge in [-0.05, 0) is 39.2 Å². The molecule has 110 valence electrons. The number of allylic oxidation sites excluding steroid dienone is 2. The van der Waals surface area contributed by atoms with Crippen LogP contribution < -0.4 is 10.6 Å². The Kier molecular flexibility index (Phi) is 4.60. The quantitative estimate of drug-likeness (QED) is 0.823. The van der Waals surface area contributed by atoms with E-state index in [9.17, 15) is 5.11 Å². The molecule has 0 aromatic carbocycles. The lowest BCUT2D eigenvalue weighted by atomic mass is 9.77. The first-order chi connectivity index (χ1) is 9.54. The van der Waals surface area contributed by atoms with E-state index in [0.717, 1.165) is 32.4 Å². The molecule has 0 aliphatic carbocycles. The van der Waals surface area contributed by atoms with E-state index in [2.05, 4.69) is 34.8 Å². The van der Waals surface area contributed by atoms with E-state index < -0.39 is 0 Å². The third-order valence-electron chi connectivity index (χ3n) is 3.89. The zero-order chi connectivity index (χ0) is 14.6. The molecular weight excluding hydrogens is 252 g/mol. The number of hydrogen-bond donors (Lipinski definition) is 2. The predicted molar refractivity (Wildman–Crippen MR) is 81.5 cm³/mol. The van der Waals surface area contributed by atoms with Crippen molar-refractivity contribution >= 4 is 11.8 Å². The van der Waals surface area contributed by atoms with Gasteiger partial charge in [-0.1, -0.05) is 11.6 Å². The molecular formula is C15H24N4O. The summed E-state index contributed by atoms with van der Waals surface area (Å²) in [4.78, 5) is 10.7. The van der Waals surface area contributed by atoms with Crippen LogP contribution in [0.1, 0.15) is 33.1 Å². The average Bonchev–Trinajstić information content (AvgIpc) is 2.45. The number of aliphatic hydroxyl groups is 1. The van der Waals surface area contributed by atoms with E-state index >= 15 is 0 Å². The summed E-state index contributed by atoms with van der Waals surface area (Å²) < 4.78 is 0. The Morgan fingerprint density at radius 1 is 1.55 bits per heavy atom. The maximum Gasteiger partial charge on any atom is 0.227 e. The maximum absolute atomic E-state index is 9.85. The summed E-state index contributed by atoms with van der Waals surface area (Å²) in [7, 11) is 0. The third kappa shape index (κ3) is 3.48. The lowest BCUT2D eigenvalue weighted by Gasteiger charge is -2.41. The molecule has 2 rings (SSSR count). The Morgan fingerprint density at radius 3 is 3.00 bits per heavy atom. The fourth-order valence-corrected chi connectivity index (χ4v) is 2.67. The number of nitrogens with zero attached hydrogens (tertiary/aromatic N) is 3. The van der Waals surface area contributed by atoms with Gasteiger partial charge in [-0.25, -0.2) is 4.98 Å². The largest absolute Gasteiger partial charge is 0.396 e. The number of piperidine rings is 1. The minimum absolute atomic E-state index is 0.0938. The van der Waals surface area contributed by atoms with Crippen molar-refractivity contribution in [3.63, 3.8) is 0 Å². The topological polar surface area (TPSA) is 75.3 Å². The first-order valence-electron chi connectivity index (χ1n) is 7.12. The highest BCUT2D eigenvalue weighted by molar-refractivity contribution is 5.38. The van der Waals surface area contributed by atoms with Crippen LogP contribution in [0.4, 0.5) is 11.8 Å². The van der Waals surface area contributed by atoms with Crippen LogP contribution in [0.25, 0.3) is 0 Å². The zero-order valence-electron chi connectivity index (χ0n) is 12.3. The second kappa shape index (κ2) is 6.22. The van der Waals surface area contributed by atoms with Crippen molar-refractivity contribution in [2.75, 3.05) is 30.3 Å². The van der Waals surface area contributed by atoms with Gasteiger partial charge in [-0.3, -0.25) is 0 Å². The Balaban J connectivity index is 2.16. The van der Waals surface area contributed by atoms with Crippen LogP contribution in [0.3, 0.4) is 0 Å². The molecule has 1 aliphatic rings. The second-order valence-corrected chi connectivity index (χ2v) is 5.95. The Morgan fingerprint density at radius 2 is 2.35 bits per heavy atom. The molecule has 1 fully saturated rings. The molecule has 0 saturated carbocycles. The molecule has 5 nitrogen and oxygen atoms in total. The molecule has 0 spiro atoms. The van der Waals surface area contributed by atoms with E-state index in [0.29, 0.717) is 11.8 Å². The van der Waals surface area contributed by atoms with Gasteiger partial charge in [-0.2, -0.15) is 4.98 Å². The number of aromatic nitrogens is 2. The molecule has 3 N–H and O–H groups in total. The van der Waals surface area contributed by atoms with E-state index in [1.54, 1.807) is 12.3 Å². The summed E-state index contributed by atoms with van der Waals surface area (Å²) in [5.41, 5.74) is 6.92. The maximum atomic E-state index is 9.85. The number of hydrogen-bond acceptors (Lipinski definition) is 5. The van der Waals surface area contributed by atoms with E-state index in [-0.39, 0.29) is 12.0 Å². The summed E-state index contributed by atoms with van der Waals surface area (Å²) in [6.45, 7) is 6.06. The summed E-state index contributed by atoms with van der Waals surface area (Å²) >= 11 is 0. The molecule has 0 unspecified atom stereocenters. The van der Waals surface area contributed by atoms with Crippen LogP contribution in [0.15, 0.2) is 23.9 Å². The van der Waals surface area contributed by atoms with E-state index in [1.165, 1.54) is 5.57 Å². The van der Waals surface area contributed by atoms with Crippen molar-refractivity contribution in [3.05, 3.63) is 23.9 Å². The van der Waals surface area contributed by atoms with Gasteiger partial charge in [-0.15, -0.1) is 0 Å². The second-order valence-electron chi connectivity index (χ2n) is 5.95. The number of aliphatic hydroxyl groups excluding tert-OH is 1. The lowest BCUT2D eigenvalue weighted by Crippen LogP contribution is -2.46. The first-order valence-corrected chi connectivity index (χ1v) is 7.12. The van der Waals surface area contributed by atoms with Crippen LogP contribution in [-0.2, 0) is 0 Å². The molecule has 1 atom stereocenters. The van der Waals surface area contributed by atoms with Crippen LogP contribution in [0.2, 0.25) is 0 Å². The number of anilines is 2. The monoisotopic (exact) mass is 276 g/mol. The fraction of sp³-hybridized carbons (Fsp3) is 0.600. The molecule has 2 heterocycles. The van der Waals surface area contributed by atoms with Crippen molar-refractivity contribution in [3.8, 4) is 0 Å². The van der Waals surface area contributed by atoms with E-state index in [1.807, 2.05) is 0 Å². The van der Waals surface area contributed by atoms with Crippen molar-refractivity contribution in [1.29, 1.82) is 0 Å². The van der Waals surface area contributed by atoms with E-state index in [4.69, 9.17) is 5.73 Å². The molecule has 20 heavy (non-hydrogen) atoms. The normalized spacial score (nSPS) is 22.6. The van der Waals surface area contributed by atoms with Gasteiger partial charge in [0.1, 0.15) is 5.82 Å². The third-order valence-corrected chi connectivity index (χ3v) is 3.89. The minimum Gasteiger partial charge on any atom is -0.396 e. The molecule has 0 radical (unpaired) electrons. The van der Waals surface area contributed by atoms with Gasteiger partial charge in [0.15, 0.2) is 0 Å². The van der Waals surface area contributed by atoms with Gasteiger partial charge >= 0.3 is 0 Å². The van der Waals surface area contributed by atoms with Gasteiger partial charge in [0.05, 0.1) is 6.61 Å². The zero-order valence-corrected chi connectivity index (χ0v) is 12.3. The van der Waals surface area contributed by atoms with Gasteiger partial charge in [0.25, 0.3) is 0 Å². The molecule has 1 aromatic rings. The summed E-state index contributed by atoms with van der Waals surface area (Å²) in [5.74, 6) is 1.15. The lowest BCUT2D eigenvalue weighted by molar-refractivity contribution is 0.107. The number of nitrogen functional groups attached to an aromatic ring is 1. The van der Waals surface area contributed by atoms with Crippen molar-refractivity contribution in [2.45, 2.75) is 33.1 Å². The highest BCUT2D eigenvalue weighted by atomic mass is 16.3. The molecule has 0 bridgehead atoms. The molecule has 1 saturated heterocycles. The van der Waals surface area contributed by atoms with Crippen LogP contribution in [0.5, 0.6) is 0 Å². The SMILES string of the molecule is CC(C)=CC[C@]1(CO)CCCN(c2nccc(N)n2)C1. The number of rotatable bonds is 4. The molecule has 5 heteroatoms. The summed E-state index contributed by atoms with van der Waals surface area (Å²) in [5, 5.41) is 9.85. The van der Waals surface area contributed by atoms with Crippen molar-refractivity contribution < 1.29 is 5.11 Å². The Labute approximate surface area is 120 Å². The summed E-state index contributed by atoms with van der Waals surface area (Å²) in [6.07, 6.45) is 6.86. The van der Waals surface area contributed by atoms with Crippen molar-refractivity contribution in [2.24, 2.45) is 5.41 Å². The fourth-order valence-electron chi connectivity index (χ4n) is 2.67. The Bertz CT molecular complexity index is 485. The van der Waals surface area contributed by atoms with Crippen LogP contribution >= 0.6 is 0 Å². The average molecular weight is 276 g/mol.